The van der Waals surface area contributed by atoms with Gasteiger partial charge in [-0.3, -0.25) is 9.10 Å². The molecular weight excluding hydrogens is 324 g/mol. The third kappa shape index (κ3) is 3.76. The summed E-state index contributed by atoms with van der Waals surface area (Å²) in [4.78, 5) is 11.6. The summed E-state index contributed by atoms with van der Waals surface area (Å²) < 4.78 is 27.2. The number of sulfonamides is 1. The largest absolute Gasteiger partial charge is 0.368 e. The molecule has 0 fully saturated rings. The summed E-state index contributed by atoms with van der Waals surface area (Å²) in [5, 5.41) is 0. The molecule has 0 aliphatic rings. The maximum atomic E-state index is 13.1. The molecule has 0 saturated carbocycles. The number of hydrogen-bond acceptors (Lipinski definition) is 3. The smallest absolute Gasteiger partial charge is 0.264 e. The molecule has 5 nitrogen and oxygen atoms in total. The Morgan fingerprint density at radius 3 is 2.21 bits per heavy atom. The molecule has 2 aromatic carbocycles. The Bertz CT molecular complexity index is 828. The standard InChI is InChI=1S/C18H22N2O3S/c1-13(2)16-6-4-5-7-17(16)20(12-18(19)21)24(22,23)15-10-8-14(3)9-11-15/h4-11,13H,12H2,1-3H3,(H2,19,21). The first-order valence-corrected chi connectivity index (χ1v) is 9.14. The van der Waals surface area contributed by atoms with Gasteiger partial charge < -0.3 is 5.73 Å². The molecule has 0 radical (unpaired) electrons. The molecule has 2 N–H and O–H groups in total. The Morgan fingerprint density at radius 1 is 1.08 bits per heavy atom. The van der Waals surface area contributed by atoms with Crippen LogP contribution in [0.1, 0.15) is 30.9 Å². The van der Waals surface area contributed by atoms with Gasteiger partial charge in [-0.05, 0) is 36.6 Å². The lowest BCUT2D eigenvalue weighted by Gasteiger charge is -2.26. The maximum absolute atomic E-state index is 13.1. The van der Waals surface area contributed by atoms with Crippen LogP contribution in [-0.2, 0) is 14.8 Å². The molecule has 24 heavy (non-hydrogen) atoms. The normalized spacial score (nSPS) is 11.5. The molecule has 0 spiro atoms. The van der Waals surface area contributed by atoms with Crippen molar-refractivity contribution in [2.75, 3.05) is 10.8 Å². The lowest BCUT2D eigenvalue weighted by Crippen LogP contribution is -2.39. The van der Waals surface area contributed by atoms with Crippen LogP contribution in [0.2, 0.25) is 0 Å². The lowest BCUT2D eigenvalue weighted by atomic mass is 10.0. The minimum Gasteiger partial charge on any atom is -0.368 e. The van der Waals surface area contributed by atoms with Crippen LogP contribution in [0, 0.1) is 6.92 Å². The summed E-state index contributed by atoms with van der Waals surface area (Å²) in [5.41, 5.74) is 7.59. The van der Waals surface area contributed by atoms with Gasteiger partial charge in [0.25, 0.3) is 10.0 Å². The molecule has 1 amide bonds. The molecule has 0 unspecified atom stereocenters. The molecular formula is C18H22N2O3S. The van der Waals surface area contributed by atoms with Crippen molar-refractivity contribution >= 4 is 21.6 Å². The quantitative estimate of drug-likeness (QED) is 0.873. The number of amides is 1. The second-order valence-electron chi connectivity index (χ2n) is 6.00. The third-order valence-corrected chi connectivity index (χ3v) is 5.51. The molecule has 0 aliphatic carbocycles. The minimum atomic E-state index is -3.89. The number of rotatable bonds is 6. The van der Waals surface area contributed by atoms with Crippen molar-refractivity contribution in [1.29, 1.82) is 0 Å². The zero-order valence-electron chi connectivity index (χ0n) is 14.1. The Kier molecular flexibility index (Phi) is 5.29. The fourth-order valence-corrected chi connectivity index (χ4v) is 3.94. The van der Waals surface area contributed by atoms with E-state index in [9.17, 15) is 13.2 Å². The van der Waals surface area contributed by atoms with Crippen molar-refractivity contribution in [3.63, 3.8) is 0 Å². The number of nitrogens with zero attached hydrogens (tertiary/aromatic N) is 1. The number of carbonyl (C=O) groups excluding carboxylic acids is 1. The molecule has 0 aliphatic heterocycles. The summed E-state index contributed by atoms with van der Waals surface area (Å²) >= 11 is 0. The van der Waals surface area contributed by atoms with Crippen LogP contribution in [-0.4, -0.2) is 20.9 Å². The molecule has 0 aromatic heterocycles. The predicted octanol–water partition coefficient (Wildman–Crippen LogP) is 2.80. The van der Waals surface area contributed by atoms with Gasteiger partial charge in [0.05, 0.1) is 10.6 Å². The Morgan fingerprint density at radius 2 is 1.67 bits per heavy atom. The van der Waals surface area contributed by atoms with E-state index in [1.54, 1.807) is 24.3 Å². The Balaban J connectivity index is 2.61. The van der Waals surface area contributed by atoms with E-state index in [2.05, 4.69) is 0 Å². The summed E-state index contributed by atoms with van der Waals surface area (Å²) in [6.45, 7) is 5.42. The minimum absolute atomic E-state index is 0.102. The number of anilines is 1. The van der Waals surface area contributed by atoms with Crippen molar-refractivity contribution in [3.8, 4) is 0 Å². The van der Waals surface area contributed by atoms with E-state index in [1.807, 2.05) is 32.9 Å². The van der Waals surface area contributed by atoms with Crippen molar-refractivity contribution < 1.29 is 13.2 Å². The number of aryl methyl sites for hydroxylation is 1. The SMILES string of the molecule is Cc1ccc(S(=O)(=O)N(CC(N)=O)c2ccccc2C(C)C)cc1. The number of hydrogen-bond donors (Lipinski definition) is 1. The summed E-state index contributed by atoms with van der Waals surface area (Å²) in [6, 6.07) is 13.7. The average Bonchev–Trinajstić information content (AvgIpc) is 2.52. The van der Waals surface area contributed by atoms with Gasteiger partial charge >= 0.3 is 0 Å². The third-order valence-electron chi connectivity index (χ3n) is 3.74. The number of primary amides is 1. The van der Waals surface area contributed by atoms with Gasteiger partial charge in [-0.1, -0.05) is 49.7 Å². The highest BCUT2D eigenvalue weighted by atomic mass is 32.2. The van der Waals surface area contributed by atoms with Crippen LogP contribution in [0.3, 0.4) is 0 Å². The van der Waals surface area contributed by atoms with Crippen LogP contribution >= 0.6 is 0 Å². The second kappa shape index (κ2) is 7.05. The first kappa shape index (κ1) is 18.0. The topological polar surface area (TPSA) is 80.5 Å². The molecule has 0 atom stereocenters. The lowest BCUT2D eigenvalue weighted by molar-refractivity contribution is -0.116. The Labute approximate surface area is 143 Å². The van der Waals surface area contributed by atoms with E-state index in [4.69, 9.17) is 5.73 Å². The van der Waals surface area contributed by atoms with E-state index in [0.717, 1.165) is 15.4 Å². The van der Waals surface area contributed by atoms with E-state index in [1.165, 1.54) is 12.1 Å². The van der Waals surface area contributed by atoms with Gasteiger partial charge in [-0.2, -0.15) is 0 Å². The maximum Gasteiger partial charge on any atom is 0.264 e. The van der Waals surface area contributed by atoms with Crippen molar-refractivity contribution in [1.82, 2.24) is 0 Å². The molecule has 0 saturated heterocycles. The van der Waals surface area contributed by atoms with Crippen LogP contribution in [0.4, 0.5) is 5.69 Å². The number of para-hydroxylation sites is 1. The van der Waals surface area contributed by atoms with Crippen LogP contribution in [0.25, 0.3) is 0 Å². The van der Waals surface area contributed by atoms with Crippen LogP contribution in [0.5, 0.6) is 0 Å². The summed E-state index contributed by atoms with van der Waals surface area (Å²) in [5.74, 6) is -0.603. The zero-order chi connectivity index (χ0) is 17.9. The zero-order valence-corrected chi connectivity index (χ0v) is 14.9. The molecule has 0 heterocycles. The Hall–Kier alpha value is -2.34. The van der Waals surface area contributed by atoms with Crippen LogP contribution in [0.15, 0.2) is 53.4 Å². The summed E-state index contributed by atoms with van der Waals surface area (Å²) in [6.07, 6.45) is 0. The van der Waals surface area contributed by atoms with E-state index in [-0.39, 0.29) is 10.8 Å². The molecule has 2 aromatic rings. The van der Waals surface area contributed by atoms with Gasteiger partial charge in [0.2, 0.25) is 5.91 Å². The highest BCUT2D eigenvalue weighted by Gasteiger charge is 2.28. The highest BCUT2D eigenvalue weighted by molar-refractivity contribution is 7.92. The fraction of sp³-hybridized carbons (Fsp3) is 0.278. The second-order valence-corrected chi connectivity index (χ2v) is 7.87. The van der Waals surface area contributed by atoms with E-state index >= 15 is 0 Å². The number of benzene rings is 2. The van der Waals surface area contributed by atoms with E-state index < -0.39 is 22.5 Å². The van der Waals surface area contributed by atoms with Crippen molar-refractivity contribution in [2.45, 2.75) is 31.6 Å². The van der Waals surface area contributed by atoms with Gasteiger partial charge in [0.15, 0.2) is 0 Å². The average molecular weight is 346 g/mol. The monoisotopic (exact) mass is 346 g/mol. The first-order valence-electron chi connectivity index (χ1n) is 7.70. The molecule has 2 rings (SSSR count). The summed E-state index contributed by atoms with van der Waals surface area (Å²) in [7, 11) is -3.89. The molecule has 128 valence electrons. The van der Waals surface area contributed by atoms with Gasteiger partial charge in [-0.25, -0.2) is 8.42 Å². The fourth-order valence-electron chi connectivity index (χ4n) is 2.48. The molecule has 0 bridgehead atoms. The predicted molar refractivity (Wildman–Crippen MR) is 95.4 cm³/mol. The van der Waals surface area contributed by atoms with Gasteiger partial charge in [-0.15, -0.1) is 0 Å². The highest BCUT2D eigenvalue weighted by Crippen LogP contribution is 2.31. The molecule has 6 heteroatoms. The number of nitrogens with two attached hydrogens (primary N) is 1. The van der Waals surface area contributed by atoms with Crippen molar-refractivity contribution in [3.05, 3.63) is 59.7 Å². The van der Waals surface area contributed by atoms with Gasteiger partial charge in [0, 0.05) is 0 Å². The first-order chi connectivity index (χ1) is 11.2. The van der Waals surface area contributed by atoms with Gasteiger partial charge in [0.1, 0.15) is 6.54 Å². The van der Waals surface area contributed by atoms with E-state index in [0.29, 0.717) is 5.69 Å². The van der Waals surface area contributed by atoms with Crippen molar-refractivity contribution in [2.24, 2.45) is 5.73 Å². The van der Waals surface area contributed by atoms with Crippen LogP contribution < -0.4 is 10.0 Å². The number of carbonyl (C=O) groups is 1.